The molecule has 0 aromatic rings. The topological polar surface area (TPSA) is 157 Å². The summed E-state index contributed by atoms with van der Waals surface area (Å²) >= 11 is 0. The molecule has 0 heterocycles. The first kappa shape index (κ1) is 35.7. The number of amides is 1. The molecule has 9 nitrogen and oxygen atoms in total. The van der Waals surface area contributed by atoms with Gasteiger partial charge in [0, 0.05) is 0 Å². The molecule has 37 heavy (non-hydrogen) atoms. The Morgan fingerprint density at radius 3 is 1.62 bits per heavy atom. The van der Waals surface area contributed by atoms with E-state index in [2.05, 4.69) is 12.2 Å². The van der Waals surface area contributed by atoms with Gasteiger partial charge >= 0.3 is 5.97 Å². The summed E-state index contributed by atoms with van der Waals surface area (Å²) in [5.74, 6) is -1.65. The number of aliphatic hydroxyl groups is 5. The molecule has 9 heteroatoms. The summed E-state index contributed by atoms with van der Waals surface area (Å²) < 4.78 is 5.34. The van der Waals surface area contributed by atoms with Gasteiger partial charge in [0.25, 0.3) is 5.91 Å². The fourth-order valence-electron chi connectivity index (χ4n) is 4.19. The standard InChI is InChI=1S/C28H55NO8/c1-4-5-6-7-8-9-10-11-12-13-14-15-16-17-18-37-28(36)22(19-21(2)3)29-27(35)26(34)25(33)24(32)23(31)20-30/h21-26,30-34H,4-20H2,1-3H3,(H,29,35)/t22?,23-,24-,25+,26-/m1/s1. The molecule has 0 spiro atoms. The molecule has 0 rings (SSSR count). The van der Waals surface area contributed by atoms with Gasteiger partial charge in [0.15, 0.2) is 6.10 Å². The molecule has 0 fully saturated rings. The smallest absolute Gasteiger partial charge is 0.328 e. The van der Waals surface area contributed by atoms with E-state index in [4.69, 9.17) is 9.84 Å². The lowest BCUT2D eigenvalue weighted by atomic mass is 10.0. The van der Waals surface area contributed by atoms with Crippen LogP contribution in [0.4, 0.5) is 0 Å². The van der Waals surface area contributed by atoms with Crippen molar-refractivity contribution < 1.29 is 39.9 Å². The van der Waals surface area contributed by atoms with E-state index in [-0.39, 0.29) is 18.9 Å². The van der Waals surface area contributed by atoms with Crippen LogP contribution >= 0.6 is 0 Å². The van der Waals surface area contributed by atoms with Crippen LogP contribution in [0.5, 0.6) is 0 Å². The number of carbonyl (C=O) groups is 2. The van der Waals surface area contributed by atoms with Gasteiger partial charge in [-0.15, -0.1) is 0 Å². The number of hydrogen-bond donors (Lipinski definition) is 6. The van der Waals surface area contributed by atoms with Crippen LogP contribution in [-0.4, -0.2) is 81.1 Å². The summed E-state index contributed by atoms with van der Waals surface area (Å²) in [7, 11) is 0. The van der Waals surface area contributed by atoms with Crippen LogP contribution < -0.4 is 5.32 Å². The molecule has 220 valence electrons. The molecule has 0 aliphatic heterocycles. The van der Waals surface area contributed by atoms with Crippen LogP contribution in [0.3, 0.4) is 0 Å². The number of ether oxygens (including phenoxy) is 1. The van der Waals surface area contributed by atoms with Gasteiger partial charge in [0.05, 0.1) is 13.2 Å². The maximum absolute atomic E-state index is 12.5. The number of unbranched alkanes of at least 4 members (excludes halogenated alkanes) is 13. The second kappa shape index (κ2) is 22.7. The normalized spacial score (nSPS) is 15.7. The van der Waals surface area contributed by atoms with Gasteiger partial charge in [0.2, 0.25) is 0 Å². The SMILES string of the molecule is CCCCCCCCCCCCCCCCOC(=O)C(CC(C)C)NC(=O)[C@H](O)[C@@H](O)[C@H](O)[C@H](O)CO. The minimum absolute atomic E-state index is 0.0442. The highest BCUT2D eigenvalue weighted by Gasteiger charge is 2.36. The summed E-state index contributed by atoms with van der Waals surface area (Å²) in [6.07, 6.45) is 9.70. The molecule has 0 aromatic heterocycles. The van der Waals surface area contributed by atoms with E-state index in [0.717, 1.165) is 19.3 Å². The number of nitrogens with one attached hydrogen (secondary N) is 1. The van der Waals surface area contributed by atoms with Crippen molar-refractivity contribution in [1.82, 2.24) is 5.32 Å². The Balaban J connectivity index is 4.14. The third kappa shape index (κ3) is 17.8. The van der Waals surface area contributed by atoms with Gasteiger partial charge < -0.3 is 35.6 Å². The van der Waals surface area contributed by atoms with E-state index in [9.17, 15) is 30.0 Å². The summed E-state index contributed by atoms with van der Waals surface area (Å²) in [6.45, 7) is 5.37. The summed E-state index contributed by atoms with van der Waals surface area (Å²) in [5, 5.41) is 50.2. The average Bonchev–Trinajstić information content (AvgIpc) is 2.88. The monoisotopic (exact) mass is 533 g/mol. The molecule has 1 amide bonds. The summed E-state index contributed by atoms with van der Waals surface area (Å²) in [4.78, 5) is 24.9. The van der Waals surface area contributed by atoms with Gasteiger partial charge in [-0.1, -0.05) is 104 Å². The Kier molecular flexibility index (Phi) is 21.9. The van der Waals surface area contributed by atoms with Crippen molar-refractivity contribution in [2.24, 2.45) is 5.92 Å². The summed E-state index contributed by atoms with van der Waals surface area (Å²) in [5.41, 5.74) is 0. The van der Waals surface area contributed by atoms with E-state index < -0.39 is 48.9 Å². The van der Waals surface area contributed by atoms with Crippen molar-refractivity contribution in [2.45, 2.75) is 148 Å². The molecule has 6 N–H and O–H groups in total. The predicted octanol–water partition coefficient (Wildman–Crippen LogP) is 2.98. The molecule has 0 aliphatic carbocycles. The molecular weight excluding hydrogens is 478 g/mol. The van der Waals surface area contributed by atoms with Gasteiger partial charge in [-0.05, 0) is 18.8 Å². The molecule has 0 saturated carbocycles. The fourth-order valence-corrected chi connectivity index (χ4v) is 4.19. The molecule has 0 aliphatic rings. The first-order valence-corrected chi connectivity index (χ1v) is 14.5. The van der Waals surface area contributed by atoms with Crippen molar-refractivity contribution in [3.05, 3.63) is 0 Å². The molecule has 5 atom stereocenters. The Bertz CT molecular complexity index is 574. The number of hydrogen-bond acceptors (Lipinski definition) is 8. The first-order chi connectivity index (χ1) is 17.6. The highest BCUT2D eigenvalue weighted by Crippen LogP contribution is 2.14. The van der Waals surface area contributed by atoms with Gasteiger partial charge in [-0.2, -0.15) is 0 Å². The minimum atomic E-state index is -2.09. The zero-order chi connectivity index (χ0) is 28.1. The van der Waals surface area contributed by atoms with Crippen LogP contribution in [0.25, 0.3) is 0 Å². The largest absolute Gasteiger partial charge is 0.464 e. The minimum Gasteiger partial charge on any atom is -0.464 e. The highest BCUT2D eigenvalue weighted by atomic mass is 16.5. The van der Waals surface area contributed by atoms with E-state index in [1.54, 1.807) is 0 Å². The lowest BCUT2D eigenvalue weighted by Crippen LogP contribution is -2.54. The molecule has 1 unspecified atom stereocenters. The Hall–Kier alpha value is -1.26. The van der Waals surface area contributed by atoms with Crippen molar-refractivity contribution in [2.75, 3.05) is 13.2 Å². The van der Waals surface area contributed by atoms with Crippen LogP contribution in [-0.2, 0) is 14.3 Å². The quantitative estimate of drug-likeness (QED) is 0.0817. The van der Waals surface area contributed by atoms with Crippen LogP contribution in [0, 0.1) is 5.92 Å². The van der Waals surface area contributed by atoms with Gasteiger partial charge in [-0.25, -0.2) is 4.79 Å². The Morgan fingerprint density at radius 2 is 1.19 bits per heavy atom. The second-order valence-corrected chi connectivity index (χ2v) is 10.6. The maximum Gasteiger partial charge on any atom is 0.328 e. The van der Waals surface area contributed by atoms with Gasteiger partial charge in [0.1, 0.15) is 24.4 Å². The van der Waals surface area contributed by atoms with Crippen LogP contribution in [0.15, 0.2) is 0 Å². The van der Waals surface area contributed by atoms with E-state index in [0.29, 0.717) is 0 Å². The summed E-state index contributed by atoms with van der Waals surface area (Å²) in [6, 6.07) is -1.01. The number of carbonyl (C=O) groups excluding carboxylic acids is 2. The zero-order valence-electron chi connectivity index (χ0n) is 23.4. The number of esters is 1. The van der Waals surface area contributed by atoms with Crippen LogP contribution in [0.1, 0.15) is 117 Å². The van der Waals surface area contributed by atoms with Gasteiger partial charge in [-0.3, -0.25) is 4.79 Å². The Morgan fingerprint density at radius 1 is 0.730 bits per heavy atom. The van der Waals surface area contributed by atoms with Crippen molar-refractivity contribution in [1.29, 1.82) is 0 Å². The first-order valence-electron chi connectivity index (χ1n) is 14.5. The van der Waals surface area contributed by atoms with Crippen LogP contribution in [0.2, 0.25) is 0 Å². The van der Waals surface area contributed by atoms with E-state index >= 15 is 0 Å². The molecular formula is C28H55NO8. The van der Waals surface area contributed by atoms with Crippen molar-refractivity contribution >= 4 is 11.9 Å². The molecule has 0 radical (unpaired) electrons. The molecule has 0 bridgehead atoms. The highest BCUT2D eigenvalue weighted by molar-refractivity contribution is 5.87. The molecule has 0 saturated heterocycles. The maximum atomic E-state index is 12.5. The van der Waals surface area contributed by atoms with E-state index in [1.807, 2.05) is 13.8 Å². The number of rotatable bonds is 24. The lowest BCUT2D eigenvalue weighted by Gasteiger charge is -2.26. The third-order valence-corrected chi connectivity index (χ3v) is 6.57. The zero-order valence-corrected chi connectivity index (χ0v) is 23.4. The Labute approximate surface area is 224 Å². The molecule has 0 aromatic carbocycles. The predicted molar refractivity (Wildman–Crippen MR) is 144 cm³/mol. The number of aliphatic hydroxyl groups excluding tert-OH is 5. The van der Waals surface area contributed by atoms with E-state index in [1.165, 1.54) is 70.6 Å². The second-order valence-electron chi connectivity index (χ2n) is 10.6. The van der Waals surface area contributed by atoms with Crippen molar-refractivity contribution in [3.63, 3.8) is 0 Å². The average molecular weight is 534 g/mol. The fraction of sp³-hybridized carbons (Fsp3) is 0.929. The van der Waals surface area contributed by atoms with Crippen molar-refractivity contribution in [3.8, 4) is 0 Å². The third-order valence-electron chi connectivity index (χ3n) is 6.57. The lowest BCUT2D eigenvalue weighted by molar-refractivity contribution is -0.155.